The molecule has 0 heterocycles. The molecule has 0 spiro atoms. The summed E-state index contributed by atoms with van der Waals surface area (Å²) in [5.41, 5.74) is 2.23. The summed E-state index contributed by atoms with van der Waals surface area (Å²) in [5.74, 6) is 0. The first-order chi connectivity index (χ1) is 9.77. The van der Waals surface area contributed by atoms with Crippen molar-refractivity contribution in [3.8, 4) is 0 Å². The lowest BCUT2D eigenvalue weighted by molar-refractivity contribution is 0.129. The maximum absolute atomic E-state index is 6.29. The Morgan fingerprint density at radius 3 is 1.86 bits per heavy atom. The summed E-state index contributed by atoms with van der Waals surface area (Å²) < 4.78 is 12.6. The average Bonchev–Trinajstić information content (AvgIpc) is 2.43. The normalized spacial score (nSPS) is 30.3. The summed E-state index contributed by atoms with van der Waals surface area (Å²) in [7, 11) is 1.72. The summed E-state index contributed by atoms with van der Waals surface area (Å²) >= 11 is 0. The predicted octanol–water partition coefficient (Wildman–Crippen LogP) is 5.66. The Hall–Kier alpha value is 0.137. The van der Waals surface area contributed by atoms with Gasteiger partial charge in [-0.05, 0) is 49.4 Å². The van der Waals surface area contributed by atoms with E-state index in [2.05, 4.69) is 27.7 Å². The van der Waals surface area contributed by atoms with E-state index in [1.54, 1.807) is 0 Å². The summed E-state index contributed by atoms with van der Waals surface area (Å²) in [5, 5.41) is 0. The van der Waals surface area contributed by atoms with Gasteiger partial charge in [-0.2, -0.15) is 0 Å². The fourth-order valence-corrected chi connectivity index (χ4v) is 9.93. The lowest BCUT2D eigenvalue weighted by atomic mass is 9.76. The molecule has 0 aliphatic heterocycles. The molecule has 2 nitrogen and oxygen atoms in total. The van der Waals surface area contributed by atoms with E-state index in [1.165, 1.54) is 51.4 Å². The first-order valence-corrected chi connectivity index (χ1v) is 10.8. The summed E-state index contributed by atoms with van der Waals surface area (Å²) in [6.45, 7) is 9.72. The predicted molar refractivity (Wildman–Crippen MR) is 91.8 cm³/mol. The average molecular weight is 313 g/mol. The van der Waals surface area contributed by atoms with Crippen LogP contribution in [0, 0.1) is 10.8 Å². The largest absolute Gasteiger partial charge is 0.397 e. The molecule has 1 atom stereocenters. The molecule has 0 aromatic rings. The van der Waals surface area contributed by atoms with Gasteiger partial charge in [-0.3, -0.25) is 0 Å². The highest BCUT2D eigenvalue weighted by Gasteiger charge is 2.57. The van der Waals surface area contributed by atoms with Gasteiger partial charge in [0.2, 0.25) is 0 Å². The molecule has 0 bridgehead atoms. The lowest BCUT2D eigenvalue weighted by Crippen LogP contribution is -2.55. The molecule has 0 aromatic carbocycles. The van der Waals surface area contributed by atoms with Crippen molar-refractivity contribution < 1.29 is 8.85 Å². The van der Waals surface area contributed by atoms with Crippen molar-refractivity contribution in [2.45, 2.75) is 90.1 Å². The van der Waals surface area contributed by atoms with Crippen LogP contribution in [0.25, 0.3) is 0 Å². The minimum absolute atomic E-state index is 0.378. The molecule has 2 fully saturated rings. The summed E-state index contributed by atoms with van der Waals surface area (Å²) in [6, 6.07) is 0. The molecule has 2 saturated carbocycles. The van der Waals surface area contributed by atoms with Crippen molar-refractivity contribution in [1.82, 2.24) is 0 Å². The van der Waals surface area contributed by atoms with E-state index in [4.69, 9.17) is 8.85 Å². The molecule has 2 rings (SSSR count). The second kappa shape index (κ2) is 6.33. The van der Waals surface area contributed by atoms with E-state index in [9.17, 15) is 0 Å². The molecule has 0 amide bonds. The molecule has 2 aliphatic carbocycles. The van der Waals surface area contributed by atoms with Gasteiger partial charge in [-0.1, -0.05) is 40.5 Å². The highest BCUT2D eigenvalue weighted by molar-refractivity contribution is 6.70. The van der Waals surface area contributed by atoms with Crippen LogP contribution in [-0.2, 0) is 8.85 Å². The summed E-state index contributed by atoms with van der Waals surface area (Å²) in [4.78, 5) is 0. The van der Waals surface area contributed by atoms with Crippen LogP contribution in [0.3, 0.4) is 0 Å². The SMILES string of the molecule is CO[Si](OC)(C1CCC(C)(C)CC1)C1CCCCC1(C)C. The van der Waals surface area contributed by atoms with Gasteiger partial charge < -0.3 is 8.85 Å². The van der Waals surface area contributed by atoms with Crippen LogP contribution in [0.15, 0.2) is 0 Å². The Balaban J connectivity index is 2.23. The van der Waals surface area contributed by atoms with Crippen molar-refractivity contribution in [1.29, 1.82) is 0 Å². The zero-order chi connectivity index (χ0) is 15.7. The first kappa shape index (κ1) is 17.5. The van der Waals surface area contributed by atoms with Crippen LogP contribution in [0.1, 0.15) is 79.1 Å². The number of hydrogen-bond acceptors (Lipinski definition) is 2. The lowest BCUT2D eigenvalue weighted by Gasteiger charge is -2.51. The van der Waals surface area contributed by atoms with E-state index in [0.717, 1.165) is 0 Å². The van der Waals surface area contributed by atoms with Crippen molar-refractivity contribution in [2.75, 3.05) is 14.2 Å². The van der Waals surface area contributed by atoms with Crippen LogP contribution in [0.5, 0.6) is 0 Å². The molecule has 21 heavy (non-hydrogen) atoms. The smallest absolute Gasteiger partial charge is 0.344 e. The second-order valence-electron chi connectivity index (χ2n) is 8.86. The van der Waals surface area contributed by atoms with Gasteiger partial charge in [0.05, 0.1) is 0 Å². The van der Waals surface area contributed by atoms with Gasteiger partial charge in [-0.15, -0.1) is 0 Å². The second-order valence-corrected chi connectivity index (χ2v) is 12.6. The molecule has 124 valence electrons. The fraction of sp³-hybridized carbons (Fsp3) is 1.00. The van der Waals surface area contributed by atoms with Crippen LogP contribution in [-0.4, -0.2) is 22.8 Å². The van der Waals surface area contributed by atoms with E-state index in [0.29, 0.717) is 21.9 Å². The van der Waals surface area contributed by atoms with E-state index in [-0.39, 0.29) is 0 Å². The molecule has 2 aliphatic rings. The third-order valence-electron chi connectivity index (χ3n) is 6.54. The Kier molecular flexibility index (Phi) is 5.27. The molecule has 1 unspecified atom stereocenters. The van der Waals surface area contributed by atoms with Gasteiger partial charge in [0, 0.05) is 25.3 Å². The minimum Gasteiger partial charge on any atom is -0.397 e. The highest BCUT2D eigenvalue weighted by Crippen LogP contribution is 2.57. The van der Waals surface area contributed by atoms with Crippen LogP contribution >= 0.6 is 0 Å². The van der Waals surface area contributed by atoms with Crippen LogP contribution in [0.4, 0.5) is 0 Å². The minimum atomic E-state index is -2.14. The van der Waals surface area contributed by atoms with Crippen molar-refractivity contribution in [3.05, 3.63) is 0 Å². The van der Waals surface area contributed by atoms with Gasteiger partial charge in [0.25, 0.3) is 0 Å². The Labute approximate surface area is 133 Å². The quantitative estimate of drug-likeness (QED) is 0.623. The number of rotatable bonds is 4. The molecule has 0 N–H and O–H groups in total. The van der Waals surface area contributed by atoms with Gasteiger partial charge in [0.1, 0.15) is 0 Å². The molecule has 0 aromatic heterocycles. The standard InChI is InChI=1S/C18H36O2Si/c1-17(2)13-10-15(11-14-17)21(19-5,20-6)16-9-7-8-12-18(16,3)4/h15-16H,7-14H2,1-6H3. The van der Waals surface area contributed by atoms with Gasteiger partial charge in [-0.25, -0.2) is 0 Å². The Morgan fingerprint density at radius 2 is 1.38 bits per heavy atom. The third kappa shape index (κ3) is 3.40. The molecule has 0 saturated heterocycles. The maximum atomic E-state index is 6.29. The van der Waals surface area contributed by atoms with Crippen LogP contribution < -0.4 is 0 Å². The highest BCUT2D eigenvalue weighted by atomic mass is 28.4. The molecular weight excluding hydrogens is 276 g/mol. The van der Waals surface area contributed by atoms with Crippen LogP contribution in [0.2, 0.25) is 11.1 Å². The van der Waals surface area contributed by atoms with E-state index in [1.807, 2.05) is 14.2 Å². The fourth-order valence-electron chi connectivity index (χ4n) is 5.03. The monoisotopic (exact) mass is 312 g/mol. The third-order valence-corrected chi connectivity index (χ3v) is 11.6. The number of hydrogen-bond donors (Lipinski definition) is 0. The maximum Gasteiger partial charge on any atom is 0.344 e. The van der Waals surface area contributed by atoms with E-state index >= 15 is 0 Å². The Morgan fingerprint density at radius 1 is 0.810 bits per heavy atom. The summed E-state index contributed by atoms with van der Waals surface area (Å²) in [6.07, 6.45) is 10.6. The Bertz CT molecular complexity index is 337. The van der Waals surface area contributed by atoms with Crippen molar-refractivity contribution in [3.63, 3.8) is 0 Å². The zero-order valence-corrected chi connectivity index (χ0v) is 16.1. The molecular formula is C18H36O2Si. The zero-order valence-electron chi connectivity index (χ0n) is 15.1. The van der Waals surface area contributed by atoms with E-state index < -0.39 is 8.56 Å². The molecule has 0 radical (unpaired) electrons. The van der Waals surface area contributed by atoms with Crippen molar-refractivity contribution in [2.24, 2.45) is 10.8 Å². The van der Waals surface area contributed by atoms with Crippen molar-refractivity contribution >= 4 is 8.56 Å². The van der Waals surface area contributed by atoms with Gasteiger partial charge >= 0.3 is 8.56 Å². The molecule has 3 heteroatoms. The topological polar surface area (TPSA) is 18.5 Å². The van der Waals surface area contributed by atoms with Gasteiger partial charge in [0.15, 0.2) is 0 Å². The first-order valence-electron chi connectivity index (χ1n) is 8.88.